The minimum Gasteiger partial charge on any atom is -0.358 e. The van der Waals surface area contributed by atoms with E-state index in [1.807, 2.05) is 31.2 Å². The highest BCUT2D eigenvalue weighted by Gasteiger charge is 2.15. The van der Waals surface area contributed by atoms with Crippen molar-refractivity contribution in [2.75, 3.05) is 6.54 Å². The first-order chi connectivity index (χ1) is 8.79. The number of nitrogens with one attached hydrogen (secondary N) is 1. The van der Waals surface area contributed by atoms with E-state index >= 15 is 0 Å². The smallest absolute Gasteiger partial charge is 0.228 e. The molecule has 0 radical (unpaired) electrons. The van der Waals surface area contributed by atoms with Gasteiger partial charge in [-0.05, 0) is 13.0 Å². The van der Waals surface area contributed by atoms with Gasteiger partial charge in [0.15, 0.2) is 0 Å². The molecule has 2 aromatic heterocycles. The Bertz CT molecular complexity index is 683. The van der Waals surface area contributed by atoms with Gasteiger partial charge in [-0.1, -0.05) is 23.4 Å². The molecule has 0 saturated heterocycles. The van der Waals surface area contributed by atoms with Gasteiger partial charge in [0, 0.05) is 29.6 Å². The number of nitrogens with zero attached hydrogens (tertiary/aromatic N) is 2. The van der Waals surface area contributed by atoms with E-state index in [-0.39, 0.29) is 0 Å². The van der Waals surface area contributed by atoms with Crippen LogP contribution in [-0.2, 0) is 6.42 Å². The van der Waals surface area contributed by atoms with Crippen LogP contribution in [0.5, 0.6) is 0 Å². The van der Waals surface area contributed by atoms with Crippen LogP contribution in [0.4, 0.5) is 0 Å². The Hall–Kier alpha value is -2.14. The van der Waals surface area contributed by atoms with E-state index in [0.29, 0.717) is 24.7 Å². The number of fused-ring (bicyclic) bond motifs is 1. The highest BCUT2D eigenvalue weighted by atomic mass is 16.5. The molecule has 18 heavy (non-hydrogen) atoms. The summed E-state index contributed by atoms with van der Waals surface area (Å²) in [7, 11) is 0. The number of aromatic amines is 1. The summed E-state index contributed by atoms with van der Waals surface area (Å²) in [5.74, 6) is 1.20. The molecule has 0 amide bonds. The van der Waals surface area contributed by atoms with Crippen LogP contribution in [0.25, 0.3) is 22.3 Å². The van der Waals surface area contributed by atoms with E-state index in [1.165, 1.54) is 0 Å². The molecule has 0 aliphatic heterocycles. The summed E-state index contributed by atoms with van der Waals surface area (Å²) in [5, 5.41) is 5.13. The molecule has 92 valence electrons. The molecule has 0 aliphatic rings. The van der Waals surface area contributed by atoms with Crippen molar-refractivity contribution in [2.45, 2.75) is 13.3 Å². The number of nitrogens with two attached hydrogens (primary N) is 1. The van der Waals surface area contributed by atoms with Gasteiger partial charge in [0.2, 0.25) is 11.7 Å². The Labute approximate surface area is 104 Å². The summed E-state index contributed by atoms with van der Waals surface area (Å²) >= 11 is 0. The summed E-state index contributed by atoms with van der Waals surface area (Å²) in [5.41, 5.74) is 8.59. The molecule has 3 N–H and O–H groups in total. The molecule has 0 unspecified atom stereocenters. The summed E-state index contributed by atoms with van der Waals surface area (Å²) in [6.07, 6.45) is 0.606. The summed E-state index contributed by atoms with van der Waals surface area (Å²) in [4.78, 5) is 7.70. The molecule has 0 spiro atoms. The molecule has 5 heteroatoms. The zero-order chi connectivity index (χ0) is 12.5. The van der Waals surface area contributed by atoms with Gasteiger partial charge in [-0.2, -0.15) is 4.98 Å². The molecule has 0 aliphatic carbocycles. The molecular weight excluding hydrogens is 228 g/mol. The summed E-state index contributed by atoms with van der Waals surface area (Å²) in [6, 6.07) is 8.08. The number of benzene rings is 1. The standard InChI is InChI=1S/C13H14N4O/c1-8-12(9-4-2-3-5-10(9)15-8)13-16-11(6-7-14)18-17-13/h2-5,15H,6-7,14H2,1H3. The number of aryl methyl sites for hydroxylation is 1. The van der Waals surface area contributed by atoms with Crippen LogP contribution in [0.3, 0.4) is 0 Å². The van der Waals surface area contributed by atoms with E-state index in [2.05, 4.69) is 15.1 Å². The average Bonchev–Trinajstić information content (AvgIpc) is 2.92. The van der Waals surface area contributed by atoms with E-state index in [0.717, 1.165) is 22.2 Å². The largest absolute Gasteiger partial charge is 0.358 e. The lowest BCUT2D eigenvalue weighted by Gasteiger charge is -1.93. The van der Waals surface area contributed by atoms with Crippen LogP contribution in [0.1, 0.15) is 11.6 Å². The number of rotatable bonds is 3. The summed E-state index contributed by atoms with van der Waals surface area (Å²) in [6.45, 7) is 2.52. The maximum Gasteiger partial charge on any atom is 0.228 e. The first kappa shape index (κ1) is 11.0. The Kier molecular flexibility index (Phi) is 2.60. The predicted octanol–water partition coefficient (Wildman–Crippen LogP) is 2.03. The fourth-order valence-electron chi connectivity index (χ4n) is 2.15. The Balaban J connectivity index is 2.15. The van der Waals surface area contributed by atoms with E-state index in [4.69, 9.17) is 10.3 Å². The normalized spacial score (nSPS) is 11.2. The third-order valence-electron chi connectivity index (χ3n) is 2.94. The Morgan fingerprint density at radius 3 is 3.00 bits per heavy atom. The average molecular weight is 242 g/mol. The second-order valence-electron chi connectivity index (χ2n) is 4.22. The monoisotopic (exact) mass is 242 g/mol. The minimum atomic E-state index is 0.508. The first-order valence-electron chi connectivity index (χ1n) is 5.90. The quantitative estimate of drug-likeness (QED) is 0.736. The number of H-pyrrole nitrogens is 1. The van der Waals surface area contributed by atoms with Crippen molar-refractivity contribution in [1.82, 2.24) is 15.1 Å². The molecule has 3 rings (SSSR count). The van der Waals surface area contributed by atoms with Gasteiger partial charge in [-0.15, -0.1) is 0 Å². The molecule has 5 nitrogen and oxygen atoms in total. The van der Waals surface area contributed by atoms with Gasteiger partial charge in [-0.25, -0.2) is 0 Å². The van der Waals surface area contributed by atoms with Crippen LogP contribution in [-0.4, -0.2) is 21.7 Å². The van der Waals surface area contributed by atoms with Crippen LogP contribution in [0.2, 0.25) is 0 Å². The zero-order valence-corrected chi connectivity index (χ0v) is 10.1. The number of hydrogen-bond acceptors (Lipinski definition) is 4. The molecule has 0 fully saturated rings. The van der Waals surface area contributed by atoms with Crippen molar-refractivity contribution >= 4 is 10.9 Å². The molecular formula is C13H14N4O. The second-order valence-corrected chi connectivity index (χ2v) is 4.22. The fourth-order valence-corrected chi connectivity index (χ4v) is 2.15. The van der Waals surface area contributed by atoms with Gasteiger partial charge in [0.25, 0.3) is 0 Å². The predicted molar refractivity (Wildman–Crippen MR) is 69.1 cm³/mol. The highest BCUT2D eigenvalue weighted by molar-refractivity contribution is 5.95. The van der Waals surface area contributed by atoms with Crippen LogP contribution in [0, 0.1) is 6.92 Å². The van der Waals surface area contributed by atoms with Crippen LogP contribution >= 0.6 is 0 Å². The van der Waals surface area contributed by atoms with Gasteiger partial charge in [-0.3, -0.25) is 0 Å². The maximum atomic E-state index is 5.47. The SMILES string of the molecule is Cc1[nH]c2ccccc2c1-c1noc(CCN)n1. The Morgan fingerprint density at radius 2 is 2.17 bits per heavy atom. The van der Waals surface area contributed by atoms with E-state index < -0.39 is 0 Å². The fraction of sp³-hybridized carbons (Fsp3) is 0.231. The van der Waals surface area contributed by atoms with Gasteiger partial charge in [0.05, 0.1) is 5.56 Å². The van der Waals surface area contributed by atoms with Crippen molar-refractivity contribution in [3.63, 3.8) is 0 Å². The number of aromatic nitrogens is 3. The number of hydrogen-bond donors (Lipinski definition) is 2. The van der Waals surface area contributed by atoms with Gasteiger partial charge < -0.3 is 15.2 Å². The van der Waals surface area contributed by atoms with Crippen molar-refractivity contribution in [1.29, 1.82) is 0 Å². The van der Waals surface area contributed by atoms with Crippen LogP contribution < -0.4 is 5.73 Å². The van der Waals surface area contributed by atoms with E-state index in [9.17, 15) is 0 Å². The van der Waals surface area contributed by atoms with Crippen molar-refractivity contribution in [2.24, 2.45) is 5.73 Å². The number of para-hydroxylation sites is 1. The lowest BCUT2D eigenvalue weighted by molar-refractivity contribution is 0.380. The summed E-state index contributed by atoms with van der Waals surface area (Å²) < 4.78 is 5.18. The molecule has 0 saturated carbocycles. The third-order valence-corrected chi connectivity index (χ3v) is 2.94. The maximum absolute atomic E-state index is 5.47. The molecule has 1 aromatic carbocycles. The molecule has 0 atom stereocenters. The minimum absolute atomic E-state index is 0.508. The Morgan fingerprint density at radius 1 is 1.33 bits per heavy atom. The van der Waals surface area contributed by atoms with Gasteiger partial charge >= 0.3 is 0 Å². The highest BCUT2D eigenvalue weighted by Crippen LogP contribution is 2.29. The van der Waals surface area contributed by atoms with Crippen molar-refractivity contribution in [3.8, 4) is 11.4 Å². The first-order valence-corrected chi connectivity index (χ1v) is 5.90. The van der Waals surface area contributed by atoms with Crippen molar-refractivity contribution in [3.05, 3.63) is 35.9 Å². The van der Waals surface area contributed by atoms with Crippen molar-refractivity contribution < 1.29 is 4.52 Å². The molecule has 2 heterocycles. The topological polar surface area (TPSA) is 80.7 Å². The lowest BCUT2D eigenvalue weighted by Crippen LogP contribution is -2.02. The molecule has 0 bridgehead atoms. The van der Waals surface area contributed by atoms with Gasteiger partial charge in [0.1, 0.15) is 0 Å². The van der Waals surface area contributed by atoms with Crippen LogP contribution in [0.15, 0.2) is 28.8 Å². The second kappa shape index (κ2) is 4.27. The lowest BCUT2D eigenvalue weighted by atomic mass is 10.1. The zero-order valence-electron chi connectivity index (χ0n) is 10.1. The molecule has 3 aromatic rings. The van der Waals surface area contributed by atoms with E-state index in [1.54, 1.807) is 0 Å². The third kappa shape index (κ3) is 1.69.